The maximum atomic E-state index is 13.0. The molecule has 1 fully saturated rings. The molecule has 0 aromatic carbocycles. The second-order valence-corrected chi connectivity index (χ2v) is 6.65. The van der Waals surface area contributed by atoms with Crippen LogP contribution in [0.5, 0.6) is 0 Å². The lowest BCUT2D eigenvalue weighted by atomic mass is 10.0. The van der Waals surface area contributed by atoms with Gasteiger partial charge >= 0.3 is 6.18 Å². The molecule has 0 N–H and O–H groups in total. The lowest BCUT2D eigenvalue weighted by Crippen LogP contribution is -2.51. The van der Waals surface area contributed by atoms with Gasteiger partial charge in [-0.05, 0) is 26.7 Å². The summed E-state index contributed by atoms with van der Waals surface area (Å²) < 4.78 is 69.3. The fourth-order valence-electron chi connectivity index (χ4n) is 2.48. The average Bonchev–Trinajstić information content (AvgIpc) is 2.68. The molecule has 9 heteroatoms. The van der Waals surface area contributed by atoms with E-state index >= 15 is 0 Å². The number of nitrogens with zero attached hydrogens (tertiary/aromatic N) is 2. The summed E-state index contributed by atoms with van der Waals surface area (Å²) in [5, 5.41) is 3.50. The summed E-state index contributed by atoms with van der Waals surface area (Å²) in [5.41, 5.74) is 0.0778. The van der Waals surface area contributed by atoms with Gasteiger partial charge in [-0.2, -0.15) is 17.5 Å². The van der Waals surface area contributed by atoms with Gasteiger partial charge in [-0.25, -0.2) is 8.42 Å². The van der Waals surface area contributed by atoms with Crippen LogP contribution in [0.3, 0.4) is 0 Å². The van der Waals surface area contributed by atoms with E-state index in [0.717, 1.165) is 0 Å². The number of hydrogen-bond donors (Lipinski definition) is 0. The van der Waals surface area contributed by atoms with E-state index in [1.165, 1.54) is 13.8 Å². The molecule has 2 rings (SSSR count). The van der Waals surface area contributed by atoms with Gasteiger partial charge in [0.2, 0.25) is 10.0 Å². The highest BCUT2D eigenvalue weighted by Gasteiger charge is 2.50. The third kappa shape index (κ3) is 2.56. The van der Waals surface area contributed by atoms with Gasteiger partial charge in [0.05, 0.1) is 0 Å². The second kappa shape index (κ2) is 5.03. The number of aryl methyl sites for hydroxylation is 2. The highest BCUT2D eigenvalue weighted by atomic mass is 32.2. The van der Waals surface area contributed by atoms with Gasteiger partial charge in [-0.15, -0.1) is 0 Å². The lowest BCUT2D eigenvalue weighted by molar-refractivity contribution is -0.177. The molecular formula is C11H15F3N2O3S. The van der Waals surface area contributed by atoms with Crippen molar-refractivity contribution in [3.8, 4) is 0 Å². The zero-order valence-electron chi connectivity index (χ0n) is 11.1. The highest BCUT2D eigenvalue weighted by molar-refractivity contribution is 7.89. The average molecular weight is 312 g/mol. The SMILES string of the molecule is Cc1noc(C)c1S(=O)(=O)N1CCCCC1C(F)(F)F. The van der Waals surface area contributed by atoms with Gasteiger partial charge in [-0.1, -0.05) is 11.6 Å². The predicted octanol–water partition coefficient (Wildman–Crippen LogP) is 2.40. The first-order valence-corrected chi connectivity index (χ1v) is 7.61. The highest BCUT2D eigenvalue weighted by Crippen LogP contribution is 2.36. The van der Waals surface area contributed by atoms with Crippen molar-refractivity contribution in [3.63, 3.8) is 0 Å². The largest absolute Gasteiger partial charge is 0.405 e. The van der Waals surface area contributed by atoms with Crippen LogP contribution in [0.25, 0.3) is 0 Å². The van der Waals surface area contributed by atoms with Crippen LogP contribution in [-0.2, 0) is 10.0 Å². The Balaban J connectivity index is 2.47. The molecule has 0 aliphatic carbocycles. The molecule has 1 aromatic heterocycles. The molecule has 1 aliphatic heterocycles. The van der Waals surface area contributed by atoms with Gasteiger partial charge in [0.1, 0.15) is 16.6 Å². The van der Waals surface area contributed by atoms with E-state index in [-0.39, 0.29) is 29.3 Å². The van der Waals surface area contributed by atoms with Gasteiger partial charge in [0.25, 0.3) is 0 Å². The van der Waals surface area contributed by atoms with E-state index in [4.69, 9.17) is 4.52 Å². The molecule has 2 heterocycles. The molecule has 1 atom stereocenters. The van der Waals surface area contributed by atoms with Crippen LogP contribution in [0.1, 0.15) is 30.7 Å². The van der Waals surface area contributed by atoms with E-state index in [2.05, 4.69) is 5.16 Å². The molecule has 0 spiro atoms. The fraction of sp³-hybridized carbons (Fsp3) is 0.727. The normalized spacial score (nSPS) is 22.1. The maximum Gasteiger partial charge on any atom is 0.405 e. The van der Waals surface area contributed by atoms with Crippen LogP contribution < -0.4 is 0 Å². The van der Waals surface area contributed by atoms with Crippen molar-refractivity contribution in [2.24, 2.45) is 0 Å². The summed E-state index contributed by atoms with van der Waals surface area (Å²) in [7, 11) is -4.26. The summed E-state index contributed by atoms with van der Waals surface area (Å²) >= 11 is 0. The molecule has 1 saturated heterocycles. The van der Waals surface area contributed by atoms with Crippen molar-refractivity contribution in [3.05, 3.63) is 11.5 Å². The summed E-state index contributed by atoms with van der Waals surface area (Å²) in [6.45, 7) is 2.63. The smallest absolute Gasteiger partial charge is 0.360 e. The second-order valence-electron chi connectivity index (χ2n) is 4.82. The molecule has 20 heavy (non-hydrogen) atoms. The summed E-state index contributed by atoms with van der Waals surface area (Å²) in [5.74, 6) is 0.00833. The zero-order chi connectivity index (χ0) is 15.1. The summed E-state index contributed by atoms with van der Waals surface area (Å²) in [4.78, 5) is -0.256. The Labute approximate surface area is 114 Å². The van der Waals surface area contributed by atoms with E-state index in [1.54, 1.807) is 0 Å². The van der Waals surface area contributed by atoms with Gasteiger partial charge in [-0.3, -0.25) is 0 Å². The molecule has 0 saturated carbocycles. The Morgan fingerprint density at radius 1 is 1.30 bits per heavy atom. The molecule has 5 nitrogen and oxygen atoms in total. The minimum Gasteiger partial charge on any atom is -0.360 e. The van der Waals surface area contributed by atoms with Crippen molar-refractivity contribution in [2.45, 2.75) is 50.2 Å². The van der Waals surface area contributed by atoms with Gasteiger partial charge < -0.3 is 4.52 Å². The Hall–Kier alpha value is -1.09. The van der Waals surface area contributed by atoms with Crippen LogP contribution in [0.2, 0.25) is 0 Å². The Bertz CT molecular complexity index is 575. The quantitative estimate of drug-likeness (QED) is 0.841. The van der Waals surface area contributed by atoms with Crippen molar-refractivity contribution in [1.82, 2.24) is 9.46 Å². The Kier molecular flexibility index (Phi) is 3.85. The van der Waals surface area contributed by atoms with Crippen LogP contribution in [0.4, 0.5) is 13.2 Å². The molecule has 1 aliphatic rings. The van der Waals surface area contributed by atoms with E-state index in [0.29, 0.717) is 17.1 Å². The van der Waals surface area contributed by atoms with Crippen LogP contribution in [0.15, 0.2) is 9.42 Å². The number of aromatic nitrogens is 1. The lowest BCUT2D eigenvalue weighted by Gasteiger charge is -2.35. The van der Waals surface area contributed by atoms with Crippen molar-refractivity contribution < 1.29 is 26.1 Å². The minimum atomic E-state index is -4.58. The minimum absolute atomic E-state index is 0.00833. The molecule has 1 unspecified atom stereocenters. The molecule has 114 valence electrons. The number of piperidine rings is 1. The topological polar surface area (TPSA) is 63.4 Å². The fourth-order valence-corrected chi connectivity index (χ4v) is 4.45. The first-order chi connectivity index (χ1) is 9.15. The van der Waals surface area contributed by atoms with Crippen molar-refractivity contribution in [1.29, 1.82) is 0 Å². The van der Waals surface area contributed by atoms with Gasteiger partial charge in [0, 0.05) is 6.54 Å². The molecular weight excluding hydrogens is 297 g/mol. The van der Waals surface area contributed by atoms with Gasteiger partial charge in [0.15, 0.2) is 5.76 Å². The van der Waals surface area contributed by atoms with Crippen molar-refractivity contribution >= 4 is 10.0 Å². The Morgan fingerprint density at radius 3 is 2.45 bits per heavy atom. The maximum absolute atomic E-state index is 13.0. The van der Waals surface area contributed by atoms with E-state index in [1.807, 2.05) is 0 Å². The molecule has 0 bridgehead atoms. The standard InChI is InChI=1S/C11H15F3N2O3S/c1-7-10(8(2)19-15-7)20(17,18)16-6-4-3-5-9(16)11(12,13)14/h9H,3-6H2,1-2H3. The summed E-state index contributed by atoms with van der Waals surface area (Å²) in [6, 6.07) is -1.98. The van der Waals surface area contributed by atoms with Crippen LogP contribution in [0, 0.1) is 13.8 Å². The molecule has 1 aromatic rings. The van der Waals surface area contributed by atoms with Crippen molar-refractivity contribution in [2.75, 3.05) is 6.54 Å². The zero-order valence-corrected chi connectivity index (χ0v) is 11.9. The number of halogens is 3. The monoisotopic (exact) mass is 312 g/mol. The first kappa shape index (κ1) is 15.3. The third-order valence-electron chi connectivity index (χ3n) is 3.37. The number of alkyl halides is 3. The first-order valence-electron chi connectivity index (χ1n) is 6.17. The van der Waals surface area contributed by atoms with Crippen LogP contribution in [-0.4, -0.2) is 36.6 Å². The third-order valence-corrected chi connectivity index (χ3v) is 5.52. The Morgan fingerprint density at radius 2 is 1.95 bits per heavy atom. The molecule has 0 radical (unpaired) electrons. The van der Waals surface area contributed by atoms with E-state index in [9.17, 15) is 21.6 Å². The summed E-state index contributed by atoms with van der Waals surface area (Å²) in [6.07, 6.45) is -4.02. The van der Waals surface area contributed by atoms with Crippen LogP contribution >= 0.6 is 0 Å². The predicted molar refractivity (Wildman–Crippen MR) is 63.6 cm³/mol. The number of rotatable bonds is 2. The van der Waals surface area contributed by atoms with E-state index < -0.39 is 22.2 Å². The number of hydrogen-bond acceptors (Lipinski definition) is 4. The number of sulfonamides is 1. The molecule has 0 amide bonds.